The lowest BCUT2D eigenvalue weighted by Crippen LogP contribution is -2.24. The summed E-state index contributed by atoms with van der Waals surface area (Å²) >= 11 is 0. The molecule has 0 fully saturated rings. The van der Waals surface area contributed by atoms with Crippen molar-refractivity contribution in [2.75, 3.05) is 23.3 Å². The third-order valence-electron chi connectivity index (χ3n) is 6.23. The Bertz CT molecular complexity index is 1390. The van der Waals surface area contributed by atoms with Crippen LogP contribution in [0.25, 0.3) is 22.3 Å². The topological polar surface area (TPSA) is 62.9 Å². The molecule has 0 atom stereocenters. The van der Waals surface area contributed by atoms with E-state index in [2.05, 4.69) is 53.5 Å². The van der Waals surface area contributed by atoms with Gasteiger partial charge in [0.25, 0.3) is 0 Å². The summed E-state index contributed by atoms with van der Waals surface area (Å²) in [7, 11) is 0. The number of rotatable bonds is 7. The van der Waals surface area contributed by atoms with Gasteiger partial charge >= 0.3 is 0 Å². The van der Waals surface area contributed by atoms with Crippen molar-refractivity contribution < 1.29 is 0 Å². The van der Waals surface area contributed by atoms with Crippen LogP contribution in [0.2, 0.25) is 0 Å². The van der Waals surface area contributed by atoms with Crippen molar-refractivity contribution in [1.82, 2.24) is 0 Å². The van der Waals surface area contributed by atoms with Crippen molar-refractivity contribution in [1.29, 1.82) is 10.5 Å². The Balaban J connectivity index is 1.86. The summed E-state index contributed by atoms with van der Waals surface area (Å²) in [6.45, 7) is 7.57. The first kappa shape index (κ1) is 23.6. The third kappa shape index (κ3) is 4.88. The largest absolute Gasteiger partial charge is 0.370 e. The maximum absolute atomic E-state index is 10.3. The molecule has 0 radical (unpaired) electrons. The summed E-state index contributed by atoms with van der Waals surface area (Å²) in [4.78, 5) is 2.10. The molecule has 1 N–H and O–H groups in total. The van der Waals surface area contributed by atoms with Gasteiger partial charge in [-0.25, -0.2) is 0 Å². The molecule has 0 aliphatic rings. The summed E-state index contributed by atoms with van der Waals surface area (Å²) in [5.74, 6) is 0. The van der Waals surface area contributed by atoms with Crippen molar-refractivity contribution in [2.24, 2.45) is 0 Å². The number of nitrogens with zero attached hydrogens (tertiary/aromatic N) is 3. The minimum atomic E-state index is 0.532. The second-order valence-electron chi connectivity index (χ2n) is 8.40. The van der Waals surface area contributed by atoms with E-state index in [4.69, 9.17) is 0 Å². The monoisotopic (exact) mass is 456 g/mol. The van der Waals surface area contributed by atoms with E-state index in [9.17, 15) is 10.5 Å². The van der Waals surface area contributed by atoms with Gasteiger partial charge in [-0.3, -0.25) is 0 Å². The Morgan fingerprint density at radius 1 is 0.686 bits per heavy atom. The molecule has 0 unspecified atom stereocenters. The number of benzene rings is 4. The number of nitriles is 2. The Labute approximate surface area is 207 Å². The molecule has 35 heavy (non-hydrogen) atoms. The highest BCUT2D eigenvalue weighted by atomic mass is 15.1. The van der Waals surface area contributed by atoms with Crippen molar-refractivity contribution in [3.8, 4) is 34.4 Å². The predicted octanol–water partition coefficient (Wildman–Crippen LogP) is 7.66. The molecule has 172 valence electrons. The Morgan fingerprint density at radius 2 is 1.17 bits per heavy atom. The summed E-state index contributed by atoms with van der Waals surface area (Å²) < 4.78 is 0. The molecule has 0 saturated heterocycles. The first-order valence-corrected chi connectivity index (χ1v) is 11.8. The van der Waals surface area contributed by atoms with Crippen LogP contribution in [-0.2, 0) is 0 Å². The lowest BCUT2D eigenvalue weighted by molar-refractivity contribution is 0.863. The van der Waals surface area contributed by atoms with E-state index in [1.165, 1.54) is 5.56 Å². The van der Waals surface area contributed by atoms with Crippen LogP contribution in [0.5, 0.6) is 0 Å². The molecule has 4 heteroatoms. The molecule has 4 nitrogen and oxygen atoms in total. The van der Waals surface area contributed by atoms with E-state index in [1.807, 2.05) is 74.5 Å². The highest BCUT2D eigenvalue weighted by Gasteiger charge is 2.23. The fraction of sp³-hybridized carbons (Fsp3) is 0.161. The minimum absolute atomic E-state index is 0.532. The molecule has 4 aromatic carbocycles. The zero-order valence-corrected chi connectivity index (χ0v) is 20.3. The molecule has 0 aromatic heterocycles. The van der Waals surface area contributed by atoms with Crippen LogP contribution in [0.4, 0.5) is 17.1 Å². The first-order valence-electron chi connectivity index (χ1n) is 11.8. The van der Waals surface area contributed by atoms with E-state index in [-0.39, 0.29) is 0 Å². The van der Waals surface area contributed by atoms with Crippen molar-refractivity contribution in [2.45, 2.75) is 20.8 Å². The van der Waals surface area contributed by atoms with Gasteiger partial charge in [-0.05, 0) is 62.2 Å². The van der Waals surface area contributed by atoms with Gasteiger partial charge < -0.3 is 10.2 Å². The number of hydrogen-bond acceptors (Lipinski definition) is 4. The normalized spacial score (nSPS) is 10.3. The predicted molar refractivity (Wildman–Crippen MR) is 145 cm³/mol. The van der Waals surface area contributed by atoms with Gasteiger partial charge in [0.1, 0.15) is 12.1 Å². The van der Waals surface area contributed by atoms with Crippen LogP contribution in [-0.4, -0.2) is 13.1 Å². The van der Waals surface area contributed by atoms with Gasteiger partial charge in [-0.2, -0.15) is 10.5 Å². The van der Waals surface area contributed by atoms with Crippen molar-refractivity contribution in [3.63, 3.8) is 0 Å². The van der Waals surface area contributed by atoms with Crippen LogP contribution in [0.3, 0.4) is 0 Å². The first-order chi connectivity index (χ1) is 17.1. The molecule has 0 bridgehead atoms. The molecule has 0 saturated carbocycles. The highest BCUT2D eigenvalue weighted by molar-refractivity contribution is 5.90. The van der Waals surface area contributed by atoms with Crippen molar-refractivity contribution >= 4 is 17.1 Å². The van der Waals surface area contributed by atoms with Crippen LogP contribution in [0.1, 0.15) is 30.5 Å². The quantitative estimate of drug-likeness (QED) is 0.310. The van der Waals surface area contributed by atoms with Crippen molar-refractivity contribution in [3.05, 3.63) is 102 Å². The fourth-order valence-electron chi connectivity index (χ4n) is 4.36. The van der Waals surface area contributed by atoms with Gasteiger partial charge in [0.05, 0.1) is 16.8 Å². The number of aryl methyl sites for hydroxylation is 1. The van der Waals surface area contributed by atoms with Crippen LogP contribution in [0.15, 0.2) is 84.9 Å². The molecule has 4 aromatic rings. The molecule has 0 aliphatic carbocycles. The van der Waals surface area contributed by atoms with E-state index in [0.29, 0.717) is 29.9 Å². The fourth-order valence-corrected chi connectivity index (χ4v) is 4.36. The third-order valence-corrected chi connectivity index (χ3v) is 6.23. The van der Waals surface area contributed by atoms with E-state index < -0.39 is 0 Å². The number of anilines is 3. The highest BCUT2D eigenvalue weighted by Crippen LogP contribution is 2.40. The number of hydrogen-bond donors (Lipinski definition) is 1. The van der Waals surface area contributed by atoms with Crippen LogP contribution in [0, 0.1) is 29.6 Å². The summed E-state index contributed by atoms with van der Waals surface area (Å²) in [5.41, 5.74) is 8.55. The Kier molecular flexibility index (Phi) is 7.15. The van der Waals surface area contributed by atoms with E-state index in [1.54, 1.807) is 0 Å². The molecule has 0 spiro atoms. The standard InChI is InChI=1S/C31H28N4/c1-4-35(5-2)31-29(20-32)27(23-9-7-6-8-10-23)19-28(30(31)21-33)24-13-17-26(18-14-24)34-25-15-11-22(3)12-16-25/h6-19,34H,4-5H2,1-3H3. The van der Waals surface area contributed by atoms with E-state index in [0.717, 1.165) is 33.6 Å². The molecular weight excluding hydrogens is 428 g/mol. The summed E-state index contributed by atoms with van der Waals surface area (Å²) in [6.07, 6.45) is 0. The van der Waals surface area contributed by atoms with Gasteiger partial charge in [0, 0.05) is 35.6 Å². The van der Waals surface area contributed by atoms with Gasteiger partial charge in [-0.1, -0.05) is 60.2 Å². The number of nitrogens with one attached hydrogen (secondary N) is 1. The molecule has 0 aliphatic heterocycles. The molecule has 0 amide bonds. The summed E-state index contributed by atoms with van der Waals surface area (Å²) in [5, 5.41) is 23.9. The Morgan fingerprint density at radius 3 is 1.66 bits per heavy atom. The maximum atomic E-state index is 10.3. The lowest BCUT2D eigenvalue weighted by atomic mass is 9.88. The average molecular weight is 457 g/mol. The SMILES string of the molecule is CCN(CC)c1c(C#N)c(-c2ccccc2)cc(-c2ccc(Nc3ccc(C)cc3)cc2)c1C#N. The van der Waals surface area contributed by atoms with Gasteiger partial charge in [0.15, 0.2) is 0 Å². The van der Waals surface area contributed by atoms with E-state index >= 15 is 0 Å². The summed E-state index contributed by atoms with van der Waals surface area (Å²) in [6, 6.07) is 33.1. The van der Waals surface area contributed by atoms with Gasteiger partial charge in [-0.15, -0.1) is 0 Å². The van der Waals surface area contributed by atoms with Crippen LogP contribution < -0.4 is 10.2 Å². The second-order valence-corrected chi connectivity index (χ2v) is 8.40. The zero-order chi connectivity index (χ0) is 24.8. The maximum Gasteiger partial charge on any atom is 0.102 e. The molecule has 0 heterocycles. The van der Waals surface area contributed by atoms with Gasteiger partial charge in [0.2, 0.25) is 0 Å². The molecule has 4 rings (SSSR count). The zero-order valence-electron chi connectivity index (χ0n) is 20.3. The molecular formula is C31H28N4. The average Bonchev–Trinajstić information content (AvgIpc) is 2.91. The van der Waals surface area contributed by atoms with Crippen LogP contribution >= 0.6 is 0 Å². The Hall–Kier alpha value is -4.54. The smallest absolute Gasteiger partial charge is 0.102 e. The lowest BCUT2D eigenvalue weighted by Gasteiger charge is -2.26. The minimum Gasteiger partial charge on any atom is -0.370 e. The second kappa shape index (κ2) is 10.6.